The average molecular weight is 336 g/mol. The molecule has 2 unspecified atom stereocenters. The lowest BCUT2D eigenvalue weighted by Crippen LogP contribution is -2.47. The minimum absolute atomic E-state index is 0.00346. The van der Waals surface area contributed by atoms with Gasteiger partial charge in [-0.3, -0.25) is 9.59 Å². The molecule has 2 rings (SSSR count). The maximum absolute atomic E-state index is 12.1. The third kappa shape index (κ3) is 5.31. The monoisotopic (exact) mass is 336 g/mol. The van der Waals surface area contributed by atoms with Gasteiger partial charge in [0.25, 0.3) is 0 Å². The van der Waals surface area contributed by atoms with E-state index in [1.807, 2.05) is 68.4 Å². The molecule has 0 saturated carbocycles. The van der Waals surface area contributed by atoms with E-state index in [0.717, 1.165) is 23.1 Å². The fourth-order valence-corrected chi connectivity index (χ4v) is 2.56. The van der Waals surface area contributed by atoms with Crippen molar-refractivity contribution >= 4 is 17.9 Å². The van der Waals surface area contributed by atoms with Crippen LogP contribution in [0.15, 0.2) is 60.7 Å². The number of primary amides is 1. The molecule has 0 heterocycles. The normalized spacial score (nSPS) is 13.4. The van der Waals surface area contributed by atoms with Crippen molar-refractivity contribution < 1.29 is 9.59 Å². The predicted octanol–water partition coefficient (Wildman–Crippen LogP) is 3.38. The fraction of sp³-hybridized carbons (Fsp3) is 0.238. The van der Waals surface area contributed by atoms with Crippen molar-refractivity contribution in [2.45, 2.75) is 26.3 Å². The maximum Gasteiger partial charge on any atom is 0.244 e. The van der Waals surface area contributed by atoms with Crippen LogP contribution in [-0.4, -0.2) is 17.9 Å². The fourth-order valence-electron chi connectivity index (χ4n) is 2.56. The van der Waals surface area contributed by atoms with Crippen molar-refractivity contribution in [3.63, 3.8) is 0 Å². The summed E-state index contributed by atoms with van der Waals surface area (Å²) < 4.78 is 0. The molecule has 0 fully saturated rings. The molecule has 4 nitrogen and oxygen atoms in total. The van der Waals surface area contributed by atoms with Crippen LogP contribution in [0.1, 0.15) is 25.8 Å². The zero-order valence-corrected chi connectivity index (χ0v) is 14.6. The van der Waals surface area contributed by atoms with Crippen molar-refractivity contribution in [1.29, 1.82) is 0 Å². The van der Waals surface area contributed by atoms with Gasteiger partial charge in [0.15, 0.2) is 0 Å². The van der Waals surface area contributed by atoms with Crippen LogP contribution >= 0.6 is 0 Å². The molecular formula is C21H24N2O2. The van der Waals surface area contributed by atoms with Gasteiger partial charge in [0.1, 0.15) is 6.04 Å². The summed E-state index contributed by atoms with van der Waals surface area (Å²) in [6.45, 7) is 3.85. The molecular weight excluding hydrogens is 312 g/mol. The van der Waals surface area contributed by atoms with Gasteiger partial charge in [-0.05, 0) is 34.8 Å². The molecule has 2 aromatic carbocycles. The topological polar surface area (TPSA) is 72.2 Å². The van der Waals surface area contributed by atoms with Gasteiger partial charge in [-0.15, -0.1) is 0 Å². The number of hydrogen-bond donors (Lipinski definition) is 2. The van der Waals surface area contributed by atoms with Gasteiger partial charge in [0, 0.05) is 6.08 Å². The van der Waals surface area contributed by atoms with Crippen molar-refractivity contribution in [2.24, 2.45) is 11.7 Å². The second-order valence-corrected chi connectivity index (χ2v) is 6.10. The standard InChI is InChI=1S/C21H24N2O2/c1-3-15(2)20(21(22)25)23-19(24)13-12-16-8-7-11-18(14-16)17-9-5-4-6-10-17/h4-15,20H,3H2,1-2H3,(H2,22,25)(H,23,24)/b13-12+. The molecule has 2 atom stereocenters. The molecule has 4 heteroatoms. The van der Waals surface area contributed by atoms with Gasteiger partial charge in [-0.2, -0.15) is 0 Å². The van der Waals surface area contributed by atoms with Crippen LogP contribution in [0, 0.1) is 5.92 Å². The molecule has 0 spiro atoms. The van der Waals surface area contributed by atoms with Crippen LogP contribution in [0.5, 0.6) is 0 Å². The smallest absolute Gasteiger partial charge is 0.244 e. The molecule has 0 radical (unpaired) electrons. The van der Waals surface area contributed by atoms with E-state index in [0.29, 0.717) is 0 Å². The molecule has 0 aliphatic rings. The second-order valence-electron chi connectivity index (χ2n) is 6.10. The van der Waals surface area contributed by atoms with Crippen LogP contribution in [0.4, 0.5) is 0 Å². The van der Waals surface area contributed by atoms with Gasteiger partial charge in [0.05, 0.1) is 0 Å². The number of carbonyl (C=O) groups excluding carboxylic acids is 2. The number of nitrogens with two attached hydrogens (primary N) is 1. The number of nitrogens with one attached hydrogen (secondary N) is 1. The average Bonchev–Trinajstić information content (AvgIpc) is 2.64. The van der Waals surface area contributed by atoms with Gasteiger partial charge < -0.3 is 11.1 Å². The van der Waals surface area contributed by atoms with E-state index in [9.17, 15) is 9.59 Å². The van der Waals surface area contributed by atoms with Gasteiger partial charge in [-0.1, -0.05) is 68.8 Å². The van der Waals surface area contributed by atoms with E-state index >= 15 is 0 Å². The first-order valence-electron chi connectivity index (χ1n) is 8.44. The van der Waals surface area contributed by atoms with Crippen LogP contribution in [0.2, 0.25) is 0 Å². The molecule has 0 saturated heterocycles. The predicted molar refractivity (Wildman–Crippen MR) is 101 cm³/mol. The Morgan fingerprint density at radius 3 is 2.40 bits per heavy atom. The van der Waals surface area contributed by atoms with E-state index in [-0.39, 0.29) is 11.8 Å². The quantitative estimate of drug-likeness (QED) is 0.761. The first-order chi connectivity index (χ1) is 12.0. The van der Waals surface area contributed by atoms with E-state index < -0.39 is 11.9 Å². The Labute approximate surface area is 148 Å². The SMILES string of the molecule is CCC(C)C(NC(=O)/C=C/c1cccc(-c2ccccc2)c1)C(N)=O. The minimum Gasteiger partial charge on any atom is -0.368 e. The number of benzene rings is 2. The summed E-state index contributed by atoms with van der Waals surface area (Å²) in [5, 5.41) is 2.68. The third-order valence-electron chi connectivity index (χ3n) is 4.24. The van der Waals surface area contributed by atoms with Gasteiger partial charge in [0.2, 0.25) is 11.8 Å². The van der Waals surface area contributed by atoms with Crippen LogP contribution in [0.25, 0.3) is 17.2 Å². The summed E-state index contributed by atoms with van der Waals surface area (Å²) in [4.78, 5) is 23.6. The van der Waals surface area contributed by atoms with Gasteiger partial charge in [-0.25, -0.2) is 0 Å². The molecule has 0 bridgehead atoms. The summed E-state index contributed by atoms with van der Waals surface area (Å²) in [6.07, 6.45) is 3.93. The highest BCUT2D eigenvalue weighted by Crippen LogP contribution is 2.20. The maximum atomic E-state index is 12.1. The molecule has 130 valence electrons. The van der Waals surface area contributed by atoms with Crippen LogP contribution < -0.4 is 11.1 Å². The first kappa shape index (κ1) is 18.5. The zero-order chi connectivity index (χ0) is 18.2. The van der Waals surface area contributed by atoms with E-state index in [4.69, 9.17) is 5.73 Å². The Hall–Kier alpha value is -2.88. The molecule has 0 aromatic heterocycles. The van der Waals surface area contributed by atoms with Crippen molar-refractivity contribution in [3.05, 3.63) is 66.2 Å². The molecule has 2 amide bonds. The lowest BCUT2D eigenvalue weighted by Gasteiger charge is -2.20. The molecule has 0 aliphatic heterocycles. The molecule has 2 aromatic rings. The highest BCUT2D eigenvalue weighted by atomic mass is 16.2. The Morgan fingerprint density at radius 2 is 1.76 bits per heavy atom. The molecule has 25 heavy (non-hydrogen) atoms. The Balaban J connectivity index is 2.08. The summed E-state index contributed by atoms with van der Waals surface area (Å²) >= 11 is 0. The lowest BCUT2D eigenvalue weighted by molar-refractivity contribution is -0.126. The van der Waals surface area contributed by atoms with E-state index in [1.165, 1.54) is 6.08 Å². The molecule has 3 N–H and O–H groups in total. The Bertz CT molecular complexity index is 754. The summed E-state index contributed by atoms with van der Waals surface area (Å²) in [5.74, 6) is -0.840. The van der Waals surface area contributed by atoms with Crippen LogP contribution in [-0.2, 0) is 9.59 Å². The summed E-state index contributed by atoms with van der Waals surface area (Å²) in [6, 6.07) is 17.3. The Morgan fingerprint density at radius 1 is 1.08 bits per heavy atom. The third-order valence-corrected chi connectivity index (χ3v) is 4.24. The van der Waals surface area contributed by atoms with E-state index in [1.54, 1.807) is 6.08 Å². The highest BCUT2D eigenvalue weighted by molar-refractivity contribution is 5.95. The zero-order valence-electron chi connectivity index (χ0n) is 14.6. The number of carbonyl (C=O) groups is 2. The van der Waals surface area contributed by atoms with Gasteiger partial charge >= 0.3 is 0 Å². The number of hydrogen-bond acceptors (Lipinski definition) is 2. The van der Waals surface area contributed by atoms with Crippen LogP contribution in [0.3, 0.4) is 0 Å². The minimum atomic E-state index is -0.655. The summed E-state index contributed by atoms with van der Waals surface area (Å²) in [5.41, 5.74) is 8.49. The van der Waals surface area contributed by atoms with Crippen molar-refractivity contribution in [1.82, 2.24) is 5.32 Å². The summed E-state index contributed by atoms with van der Waals surface area (Å²) in [7, 11) is 0. The lowest BCUT2D eigenvalue weighted by atomic mass is 9.98. The second kappa shape index (κ2) is 8.83. The Kier molecular flexibility index (Phi) is 6.52. The van der Waals surface area contributed by atoms with Crippen molar-refractivity contribution in [2.75, 3.05) is 0 Å². The largest absolute Gasteiger partial charge is 0.368 e. The molecule has 0 aliphatic carbocycles. The van der Waals surface area contributed by atoms with Crippen molar-refractivity contribution in [3.8, 4) is 11.1 Å². The number of amides is 2. The highest BCUT2D eigenvalue weighted by Gasteiger charge is 2.22. The number of rotatable bonds is 7. The first-order valence-corrected chi connectivity index (χ1v) is 8.44. The van der Waals surface area contributed by atoms with E-state index in [2.05, 4.69) is 5.32 Å².